The third-order valence-electron chi connectivity index (χ3n) is 3.85. The van der Waals surface area contributed by atoms with Crippen LogP contribution in [0.3, 0.4) is 0 Å². The van der Waals surface area contributed by atoms with Crippen molar-refractivity contribution in [1.29, 1.82) is 0 Å². The summed E-state index contributed by atoms with van der Waals surface area (Å²) in [5, 5.41) is 12.9. The van der Waals surface area contributed by atoms with Crippen molar-refractivity contribution in [3.05, 3.63) is 53.0 Å². The molecular weight excluding hydrogens is 393 g/mol. The molecule has 29 heavy (non-hydrogen) atoms. The normalized spacial score (nSPS) is 10.4. The third kappa shape index (κ3) is 5.72. The second kappa shape index (κ2) is 10.8. The van der Waals surface area contributed by atoms with Crippen molar-refractivity contribution in [1.82, 2.24) is 10.5 Å². The molecule has 0 spiro atoms. The Balaban J connectivity index is 0.00000145. The summed E-state index contributed by atoms with van der Waals surface area (Å²) in [6.07, 6.45) is 2.12. The zero-order chi connectivity index (χ0) is 21.4. The van der Waals surface area contributed by atoms with Crippen LogP contribution in [0.15, 0.2) is 30.5 Å². The number of carbonyl (C=O) groups is 1. The minimum absolute atomic E-state index is 0.0279. The Bertz CT molecular complexity index is 975. The standard InChI is InChI=1S/C19H20FN3O3S.C2H6/c1-11-4-5-15(14(20)9-11)22-19-16(17(25)23-26-7-3-6-24)13-8-12(2)10-21-18(13)27-19;1-2/h4-5,8-10,22,24H,3,6-7H2,1-2H3,(H,23,25);1-2H3. The lowest BCUT2D eigenvalue weighted by molar-refractivity contribution is 0.0264. The number of aromatic nitrogens is 1. The number of carbonyl (C=O) groups excluding carboxylic acids is 1. The predicted molar refractivity (Wildman–Crippen MR) is 115 cm³/mol. The first-order valence-corrected chi connectivity index (χ1v) is 10.3. The number of pyridine rings is 1. The molecule has 0 aliphatic carbocycles. The molecule has 2 heterocycles. The van der Waals surface area contributed by atoms with Crippen molar-refractivity contribution < 1.29 is 19.1 Å². The molecule has 0 saturated heterocycles. The molecule has 0 bridgehead atoms. The Kier molecular flexibility index (Phi) is 8.50. The number of hydrogen-bond acceptors (Lipinski definition) is 6. The van der Waals surface area contributed by atoms with Crippen LogP contribution in [0.25, 0.3) is 10.2 Å². The van der Waals surface area contributed by atoms with E-state index in [0.717, 1.165) is 11.1 Å². The van der Waals surface area contributed by atoms with Gasteiger partial charge in [0.05, 0.1) is 17.9 Å². The van der Waals surface area contributed by atoms with E-state index in [1.807, 2.05) is 33.8 Å². The highest BCUT2D eigenvalue weighted by molar-refractivity contribution is 7.23. The Morgan fingerprint density at radius 2 is 2.00 bits per heavy atom. The Labute approximate surface area is 173 Å². The Morgan fingerprint density at radius 3 is 2.69 bits per heavy atom. The van der Waals surface area contributed by atoms with Crippen molar-refractivity contribution in [2.24, 2.45) is 0 Å². The molecule has 3 aromatic rings. The summed E-state index contributed by atoms with van der Waals surface area (Å²) in [6, 6.07) is 6.71. The van der Waals surface area contributed by atoms with Crippen molar-refractivity contribution in [2.75, 3.05) is 18.5 Å². The van der Waals surface area contributed by atoms with E-state index in [1.165, 1.54) is 17.4 Å². The van der Waals surface area contributed by atoms with Crippen molar-refractivity contribution in [3.63, 3.8) is 0 Å². The van der Waals surface area contributed by atoms with Gasteiger partial charge in [-0.25, -0.2) is 14.9 Å². The molecule has 0 aliphatic rings. The number of amides is 1. The number of thiophene rings is 1. The molecular formula is C21H26FN3O3S. The number of benzene rings is 1. The number of anilines is 2. The fourth-order valence-electron chi connectivity index (χ4n) is 2.55. The molecule has 0 saturated carbocycles. The highest BCUT2D eigenvalue weighted by Crippen LogP contribution is 2.37. The second-order valence-corrected chi connectivity index (χ2v) is 7.14. The number of fused-ring (bicyclic) bond motifs is 1. The molecule has 3 rings (SSSR count). The van der Waals surface area contributed by atoms with Crippen LogP contribution in [0.5, 0.6) is 0 Å². The second-order valence-electron chi connectivity index (χ2n) is 6.14. The Hall–Kier alpha value is -2.55. The van der Waals surface area contributed by atoms with E-state index in [4.69, 9.17) is 9.94 Å². The SMILES string of the molecule is CC.Cc1ccc(Nc2sc3ncc(C)cc3c2C(=O)NOCCCO)c(F)c1. The van der Waals surface area contributed by atoms with Gasteiger partial charge >= 0.3 is 0 Å². The van der Waals surface area contributed by atoms with E-state index >= 15 is 0 Å². The molecule has 0 unspecified atom stereocenters. The smallest absolute Gasteiger partial charge is 0.278 e. The Morgan fingerprint density at radius 1 is 1.24 bits per heavy atom. The van der Waals surface area contributed by atoms with Gasteiger partial charge < -0.3 is 10.4 Å². The van der Waals surface area contributed by atoms with E-state index in [1.54, 1.807) is 18.3 Å². The lowest BCUT2D eigenvalue weighted by Crippen LogP contribution is -2.25. The van der Waals surface area contributed by atoms with Crippen LogP contribution < -0.4 is 10.8 Å². The number of nitrogens with zero attached hydrogens (tertiary/aromatic N) is 1. The lowest BCUT2D eigenvalue weighted by atomic mass is 10.1. The third-order valence-corrected chi connectivity index (χ3v) is 4.88. The molecule has 0 aliphatic heterocycles. The van der Waals surface area contributed by atoms with E-state index in [2.05, 4.69) is 15.8 Å². The molecule has 1 amide bonds. The number of aliphatic hydroxyl groups is 1. The maximum Gasteiger partial charge on any atom is 0.278 e. The van der Waals surface area contributed by atoms with Crippen molar-refractivity contribution in [3.8, 4) is 0 Å². The summed E-state index contributed by atoms with van der Waals surface area (Å²) in [6.45, 7) is 7.86. The number of nitrogens with one attached hydrogen (secondary N) is 2. The zero-order valence-corrected chi connectivity index (χ0v) is 17.8. The summed E-state index contributed by atoms with van der Waals surface area (Å²) < 4.78 is 14.3. The van der Waals surface area contributed by atoms with Crippen LogP contribution in [0.2, 0.25) is 0 Å². The van der Waals surface area contributed by atoms with Crippen LogP contribution in [0, 0.1) is 19.7 Å². The van der Waals surface area contributed by atoms with Crippen LogP contribution in [0.1, 0.15) is 41.8 Å². The first-order valence-electron chi connectivity index (χ1n) is 9.45. The minimum atomic E-state index is -0.457. The molecule has 8 heteroatoms. The lowest BCUT2D eigenvalue weighted by Gasteiger charge is -2.10. The van der Waals surface area contributed by atoms with E-state index in [0.29, 0.717) is 27.2 Å². The van der Waals surface area contributed by atoms with E-state index in [-0.39, 0.29) is 18.9 Å². The number of rotatable bonds is 7. The molecule has 2 aromatic heterocycles. The number of hydrogen-bond donors (Lipinski definition) is 3. The van der Waals surface area contributed by atoms with Gasteiger partial charge in [-0.3, -0.25) is 9.63 Å². The average molecular weight is 420 g/mol. The largest absolute Gasteiger partial charge is 0.396 e. The fourth-order valence-corrected chi connectivity index (χ4v) is 3.58. The van der Waals surface area contributed by atoms with Crippen molar-refractivity contribution in [2.45, 2.75) is 34.1 Å². The van der Waals surface area contributed by atoms with Crippen molar-refractivity contribution >= 4 is 38.1 Å². The molecule has 0 fully saturated rings. The van der Waals surface area contributed by atoms with Gasteiger partial charge in [-0.05, 0) is 49.6 Å². The maximum absolute atomic E-state index is 14.3. The monoisotopic (exact) mass is 419 g/mol. The fraction of sp³-hybridized carbons (Fsp3) is 0.333. The van der Waals surface area contributed by atoms with Crippen LogP contribution >= 0.6 is 11.3 Å². The first-order chi connectivity index (χ1) is 14.0. The number of aryl methyl sites for hydroxylation is 2. The quantitative estimate of drug-likeness (QED) is 0.376. The summed E-state index contributed by atoms with van der Waals surface area (Å²) in [7, 11) is 0. The predicted octanol–water partition coefficient (Wildman–Crippen LogP) is 4.87. The van der Waals surface area contributed by atoms with E-state index in [9.17, 15) is 9.18 Å². The van der Waals surface area contributed by atoms with Crippen LogP contribution in [-0.2, 0) is 4.84 Å². The number of halogens is 1. The van der Waals surface area contributed by atoms with Gasteiger partial charge in [0.15, 0.2) is 0 Å². The molecule has 6 nitrogen and oxygen atoms in total. The van der Waals surface area contributed by atoms with Gasteiger partial charge in [0.2, 0.25) is 0 Å². The minimum Gasteiger partial charge on any atom is -0.396 e. The van der Waals surface area contributed by atoms with Gasteiger partial charge in [0, 0.05) is 18.2 Å². The van der Waals surface area contributed by atoms with Gasteiger partial charge in [0.1, 0.15) is 15.6 Å². The molecule has 1 aromatic carbocycles. The summed E-state index contributed by atoms with van der Waals surface area (Å²) in [5.41, 5.74) is 4.71. The van der Waals surface area contributed by atoms with E-state index < -0.39 is 11.7 Å². The summed E-state index contributed by atoms with van der Waals surface area (Å²) >= 11 is 1.27. The summed E-state index contributed by atoms with van der Waals surface area (Å²) in [4.78, 5) is 22.8. The average Bonchev–Trinajstić information content (AvgIpc) is 3.06. The van der Waals surface area contributed by atoms with Gasteiger partial charge in [-0.15, -0.1) is 0 Å². The molecule has 156 valence electrons. The number of hydroxylamine groups is 1. The highest BCUT2D eigenvalue weighted by atomic mass is 32.1. The van der Waals surface area contributed by atoms with Gasteiger partial charge in [-0.1, -0.05) is 31.3 Å². The van der Waals surface area contributed by atoms with Gasteiger partial charge in [-0.2, -0.15) is 0 Å². The maximum atomic E-state index is 14.3. The number of aliphatic hydroxyl groups excluding tert-OH is 1. The van der Waals surface area contributed by atoms with Crippen LogP contribution in [0.4, 0.5) is 15.1 Å². The zero-order valence-electron chi connectivity index (χ0n) is 17.0. The topological polar surface area (TPSA) is 83.5 Å². The highest BCUT2D eigenvalue weighted by Gasteiger charge is 2.21. The summed E-state index contributed by atoms with van der Waals surface area (Å²) in [5.74, 6) is -0.858. The molecule has 3 N–H and O–H groups in total. The van der Waals surface area contributed by atoms with Gasteiger partial charge in [0.25, 0.3) is 5.91 Å². The molecule has 0 radical (unpaired) electrons. The molecule has 0 atom stereocenters. The first kappa shape index (κ1) is 22.7. The van der Waals surface area contributed by atoms with Crippen LogP contribution in [-0.4, -0.2) is 29.2 Å².